The molecule has 1 aliphatic heterocycles. The fourth-order valence-electron chi connectivity index (χ4n) is 3.68. The van der Waals surface area contributed by atoms with Crippen molar-refractivity contribution in [2.24, 2.45) is 7.05 Å². The Morgan fingerprint density at radius 1 is 1.19 bits per heavy atom. The number of benzene rings is 1. The number of rotatable bonds is 4. The standard InChI is InChI=1S/C21H26N2O3/c1-4-26-21(25)20-16(11-12-18(24)23-13-6-5-7-14-23)19-15(2)9-8-10-17(19)22(20)3/h8-12H,4-7,13-14H2,1-3H3/b12-11+. The molecule has 5 nitrogen and oxygen atoms in total. The first-order valence-electron chi connectivity index (χ1n) is 9.26. The van der Waals surface area contributed by atoms with Crippen molar-refractivity contribution < 1.29 is 14.3 Å². The molecule has 1 amide bonds. The molecular weight excluding hydrogens is 328 g/mol. The largest absolute Gasteiger partial charge is 0.461 e. The summed E-state index contributed by atoms with van der Waals surface area (Å²) in [5, 5.41) is 0.987. The van der Waals surface area contributed by atoms with Gasteiger partial charge in [-0.05, 0) is 50.8 Å². The third-order valence-electron chi connectivity index (χ3n) is 5.00. The summed E-state index contributed by atoms with van der Waals surface area (Å²) in [7, 11) is 1.86. The van der Waals surface area contributed by atoms with Gasteiger partial charge in [-0.1, -0.05) is 12.1 Å². The van der Waals surface area contributed by atoms with Crippen LogP contribution in [0.2, 0.25) is 0 Å². The van der Waals surface area contributed by atoms with Crippen molar-refractivity contribution in [3.8, 4) is 0 Å². The van der Waals surface area contributed by atoms with Crippen molar-refractivity contribution in [1.29, 1.82) is 0 Å². The third-order valence-corrected chi connectivity index (χ3v) is 5.00. The van der Waals surface area contributed by atoms with Crippen LogP contribution in [0, 0.1) is 6.92 Å². The number of likely N-dealkylation sites (tertiary alicyclic amines) is 1. The third kappa shape index (κ3) is 3.39. The summed E-state index contributed by atoms with van der Waals surface area (Å²) in [6, 6.07) is 5.97. The Morgan fingerprint density at radius 3 is 2.62 bits per heavy atom. The van der Waals surface area contributed by atoms with Gasteiger partial charge in [0.2, 0.25) is 5.91 Å². The summed E-state index contributed by atoms with van der Waals surface area (Å²) < 4.78 is 7.11. The Bertz CT molecular complexity index is 858. The number of hydrogen-bond donors (Lipinski definition) is 0. The molecule has 1 aromatic carbocycles. The number of aromatic nitrogens is 1. The monoisotopic (exact) mass is 354 g/mol. The topological polar surface area (TPSA) is 51.5 Å². The van der Waals surface area contributed by atoms with Gasteiger partial charge in [-0.25, -0.2) is 4.79 Å². The van der Waals surface area contributed by atoms with Crippen LogP contribution in [0.25, 0.3) is 17.0 Å². The van der Waals surface area contributed by atoms with Crippen LogP contribution >= 0.6 is 0 Å². The molecule has 0 atom stereocenters. The summed E-state index contributed by atoms with van der Waals surface area (Å²) in [5.41, 5.74) is 3.26. The molecule has 26 heavy (non-hydrogen) atoms. The van der Waals surface area contributed by atoms with Gasteiger partial charge in [0, 0.05) is 42.7 Å². The molecule has 0 bridgehead atoms. The number of nitrogens with zero attached hydrogens (tertiary/aromatic N) is 2. The van der Waals surface area contributed by atoms with Gasteiger partial charge in [0.25, 0.3) is 0 Å². The summed E-state index contributed by atoms with van der Waals surface area (Å²) in [6.07, 6.45) is 6.67. The minimum absolute atomic E-state index is 0.00472. The van der Waals surface area contributed by atoms with E-state index in [0.29, 0.717) is 12.3 Å². The second kappa shape index (κ2) is 7.77. The van der Waals surface area contributed by atoms with Crippen molar-refractivity contribution in [2.75, 3.05) is 19.7 Å². The van der Waals surface area contributed by atoms with E-state index in [2.05, 4.69) is 0 Å². The zero-order chi connectivity index (χ0) is 18.7. The Hall–Kier alpha value is -2.56. The molecule has 0 N–H and O–H groups in total. The highest BCUT2D eigenvalue weighted by Gasteiger charge is 2.22. The van der Waals surface area contributed by atoms with E-state index in [9.17, 15) is 9.59 Å². The maximum Gasteiger partial charge on any atom is 0.355 e. The highest BCUT2D eigenvalue weighted by atomic mass is 16.5. The molecule has 2 heterocycles. The Morgan fingerprint density at radius 2 is 1.92 bits per heavy atom. The molecule has 1 fully saturated rings. The molecule has 1 aromatic heterocycles. The maximum absolute atomic E-state index is 12.5. The van der Waals surface area contributed by atoms with E-state index in [4.69, 9.17) is 4.74 Å². The molecule has 138 valence electrons. The quantitative estimate of drug-likeness (QED) is 0.621. The first kappa shape index (κ1) is 18.2. The van der Waals surface area contributed by atoms with Crippen molar-refractivity contribution in [1.82, 2.24) is 9.47 Å². The number of ether oxygens (including phenoxy) is 1. The summed E-state index contributed by atoms with van der Waals surface area (Å²) >= 11 is 0. The van der Waals surface area contributed by atoms with E-state index in [1.165, 1.54) is 6.42 Å². The minimum atomic E-state index is -0.365. The fraction of sp³-hybridized carbons (Fsp3) is 0.429. The number of piperidine rings is 1. The number of fused-ring (bicyclic) bond motifs is 1. The number of aryl methyl sites for hydroxylation is 2. The van der Waals surface area contributed by atoms with Crippen molar-refractivity contribution in [2.45, 2.75) is 33.1 Å². The Balaban J connectivity index is 2.05. The highest BCUT2D eigenvalue weighted by molar-refractivity contribution is 6.06. The predicted octanol–water partition coefficient (Wildman–Crippen LogP) is 3.69. The van der Waals surface area contributed by atoms with Crippen LogP contribution in [0.1, 0.15) is 47.8 Å². The van der Waals surface area contributed by atoms with Gasteiger partial charge in [0.05, 0.1) is 6.61 Å². The molecule has 0 unspecified atom stereocenters. The van der Waals surface area contributed by atoms with Gasteiger partial charge >= 0.3 is 5.97 Å². The molecule has 2 aromatic rings. The van der Waals surface area contributed by atoms with E-state index < -0.39 is 0 Å². The Labute approximate surface area is 154 Å². The fourth-order valence-corrected chi connectivity index (χ4v) is 3.68. The van der Waals surface area contributed by atoms with Crippen LogP contribution in [0.4, 0.5) is 0 Å². The van der Waals surface area contributed by atoms with Crippen LogP contribution in [0.15, 0.2) is 24.3 Å². The highest BCUT2D eigenvalue weighted by Crippen LogP contribution is 2.30. The second-order valence-electron chi connectivity index (χ2n) is 6.73. The second-order valence-corrected chi connectivity index (χ2v) is 6.73. The molecule has 0 radical (unpaired) electrons. The van der Waals surface area contributed by atoms with E-state index in [1.807, 2.05) is 41.6 Å². The smallest absolute Gasteiger partial charge is 0.355 e. The molecular formula is C21H26N2O3. The minimum Gasteiger partial charge on any atom is -0.461 e. The number of carbonyl (C=O) groups is 2. The van der Waals surface area contributed by atoms with Gasteiger partial charge in [-0.15, -0.1) is 0 Å². The normalized spacial score (nSPS) is 15.0. The lowest BCUT2D eigenvalue weighted by Gasteiger charge is -2.25. The predicted molar refractivity (Wildman–Crippen MR) is 103 cm³/mol. The molecule has 0 spiro atoms. The first-order valence-corrected chi connectivity index (χ1v) is 9.26. The molecule has 1 saturated heterocycles. The SMILES string of the molecule is CCOC(=O)c1c(/C=C/C(=O)N2CCCCC2)c2c(C)cccc2n1C. The number of amides is 1. The average Bonchev–Trinajstić information content (AvgIpc) is 2.94. The zero-order valence-electron chi connectivity index (χ0n) is 15.7. The van der Waals surface area contributed by atoms with Crippen LogP contribution in [0.3, 0.4) is 0 Å². The van der Waals surface area contributed by atoms with E-state index in [-0.39, 0.29) is 11.9 Å². The van der Waals surface area contributed by atoms with Crippen molar-refractivity contribution in [3.63, 3.8) is 0 Å². The van der Waals surface area contributed by atoms with Crippen LogP contribution in [-0.4, -0.2) is 41.0 Å². The van der Waals surface area contributed by atoms with E-state index >= 15 is 0 Å². The summed E-state index contributed by atoms with van der Waals surface area (Å²) in [4.78, 5) is 26.9. The summed E-state index contributed by atoms with van der Waals surface area (Å²) in [6.45, 7) is 5.74. The molecule has 0 aliphatic carbocycles. The van der Waals surface area contributed by atoms with E-state index in [1.54, 1.807) is 19.1 Å². The maximum atomic E-state index is 12.5. The van der Waals surface area contributed by atoms with Gasteiger partial charge in [0.15, 0.2) is 0 Å². The van der Waals surface area contributed by atoms with Gasteiger partial charge in [-0.2, -0.15) is 0 Å². The molecule has 1 aliphatic rings. The molecule has 3 rings (SSSR count). The zero-order valence-corrected chi connectivity index (χ0v) is 15.7. The average molecular weight is 354 g/mol. The molecule has 0 saturated carbocycles. The lowest BCUT2D eigenvalue weighted by molar-refractivity contribution is -0.126. The van der Waals surface area contributed by atoms with Crippen molar-refractivity contribution in [3.05, 3.63) is 41.1 Å². The lowest BCUT2D eigenvalue weighted by atomic mass is 10.0. The summed E-state index contributed by atoms with van der Waals surface area (Å²) in [5.74, 6) is -0.360. The molecule has 5 heteroatoms. The van der Waals surface area contributed by atoms with Gasteiger partial charge in [0.1, 0.15) is 5.69 Å². The van der Waals surface area contributed by atoms with Crippen LogP contribution in [0.5, 0.6) is 0 Å². The van der Waals surface area contributed by atoms with Crippen molar-refractivity contribution >= 4 is 28.9 Å². The number of esters is 1. The lowest BCUT2D eigenvalue weighted by Crippen LogP contribution is -2.34. The van der Waals surface area contributed by atoms with Gasteiger partial charge < -0.3 is 14.2 Å². The van der Waals surface area contributed by atoms with E-state index in [0.717, 1.165) is 48.0 Å². The number of carbonyl (C=O) groups excluding carboxylic acids is 2. The first-order chi connectivity index (χ1) is 12.5. The Kier molecular flexibility index (Phi) is 5.45. The number of hydrogen-bond acceptors (Lipinski definition) is 3. The van der Waals surface area contributed by atoms with Crippen LogP contribution in [-0.2, 0) is 16.6 Å². The van der Waals surface area contributed by atoms with Crippen LogP contribution < -0.4 is 0 Å². The van der Waals surface area contributed by atoms with Gasteiger partial charge in [-0.3, -0.25) is 4.79 Å².